The lowest BCUT2D eigenvalue weighted by Gasteiger charge is -2.01. The highest BCUT2D eigenvalue weighted by molar-refractivity contribution is 7.92. The van der Waals surface area contributed by atoms with E-state index in [1.54, 1.807) is 5.21 Å². The topological polar surface area (TPSA) is 88.6 Å². The fourth-order valence-corrected chi connectivity index (χ4v) is 0.886. The lowest BCUT2D eigenvalue weighted by Crippen LogP contribution is -2.24. The van der Waals surface area contributed by atoms with Crippen molar-refractivity contribution in [3.8, 4) is 0 Å². The maximum absolute atomic E-state index is 11.7. The third kappa shape index (κ3) is 1.24. The van der Waals surface area contributed by atoms with Crippen molar-refractivity contribution >= 4 is 9.84 Å². The summed E-state index contributed by atoms with van der Waals surface area (Å²) in [6.45, 7) is 0. The Balaban J connectivity index is 3.22. The lowest BCUT2D eigenvalue weighted by molar-refractivity contribution is -0.0440. The van der Waals surface area contributed by atoms with Gasteiger partial charge in [-0.25, -0.2) is 8.42 Å². The van der Waals surface area contributed by atoms with E-state index in [-0.39, 0.29) is 0 Å². The van der Waals surface area contributed by atoms with Crippen LogP contribution in [0.25, 0.3) is 0 Å². The molecule has 0 amide bonds. The van der Waals surface area contributed by atoms with Crippen molar-refractivity contribution in [1.29, 1.82) is 0 Å². The van der Waals surface area contributed by atoms with Gasteiger partial charge in [-0.2, -0.15) is 18.4 Å². The SMILES string of the molecule is O=S(=O)(c1nn[nH]n1)C(F)(F)F. The Labute approximate surface area is 63.7 Å². The van der Waals surface area contributed by atoms with Crippen molar-refractivity contribution < 1.29 is 21.6 Å². The number of halogens is 3. The maximum atomic E-state index is 11.7. The number of rotatable bonds is 1. The zero-order valence-electron chi connectivity index (χ0n) is 5.20. The average molecular weight is 202 g/mol. The largest absolute Gasteiger partial charge is 0.505 e. The minimum atomic E-state index is -5.45. The number of H-pyrrole nitrogens is 1. The smallest absolute Gasteiger partial charge is 0.211 e. The van der Waals surface area contributed by atoms with Crippen molar-refractivity contribution in [3.05, 3.63) is 0 Å². The minimum absolute atomic E-state index is 1.38. The summed E-state index contributed by atoms with van der Waals surface area (Å²) in [5, 5.41) is 8.30. The molecule has 0 aliphatic rings. The molecule has 0 saturated heterocycles. The van der Waals surface area contributed by atoms with E-state index in [0.29, 0.717) is 0 Å². The molecule has 1 aromatic rings. The number of hydrogen-bond donors (Lipinski definition) is 1. The molecule has 68 valence electrons. The van der Waals surface area contributed by atoms with Crippen molar-refractivity contribution in [2.45, 2.75) is 10.7 Å². The van der Waals surface area contributed by atoms with Crippen LogP contribution < -0.4 is 0 Å². The molecule has 0 unspecified atom stereocenters. The molecule has 1 N–H and O–H groups in total. The number of nitrogens with zero attached hydrogens (tertiary/aromatic N) is 3. The van der Waals surface area contributed by atoms with Gasteiger partial charge in [0, 0.05) is 0 Å². The molecule has 0 fully saturated rings. The Bertz CT molecular complexity index is 352. The van der Waals surface area contributed by atoms with E-state index in [9.17, 15) is 21.6 Å². The molecule has 6 nitrogen and oxygen atoms in total. The summed E-state index contributed by atoms with van der Waals surface area (Å²) < 4.78 is 55.9. The number of sulfone groups is 1. The zero-order chi connectivity index (χ0) is 9.41. The molecular weight excluding hydrogens is 201 g/mol. The Hall–Kier alpha value is -1.19. The summed E-state index contributed by atoms with van der Waals surface area (Å²) in [6.07, 6.45) is 0. The van der Waals surface area contributed by atoms with Gasteiger partial charge in [0.05, 0.1) is 0 Å². The number of aromatic nitrogens is 4. The standard InChI is InChI=1S/C2HF3N4O2S/c3-2(4,5)12(10,11)1-6-8-9-7-1/h(H,6,7,8,9). The van der Waals surface area contributed by atoms with Crippen molar-refractivity contribution in [2.75, 3.05) is 0 Å². The van der Waals surface area contributed by atoms with Gasteiger partial charge in [0.15, 0.2) is 0 Å². The van der Waals surface area contributed by atoms with Crippen LogP contribution in [-0.2, 0) is 9.84 Å². The van der Waals surface area contributed by atoms with Crippen molar-refractivity contribution in [1.82, 2.24) is 20.6 Å². The van der Waals surface area contributed by atoms with Crippen molar-refractivity contribution in [3.63, 3.8) is 0 Å². The Morgan fingerprint density at radius 1 is 1.33 bits per heavy atom. The predicted octanol–water partition coefficient (Wildman–Crippen LogP) is -0.507. The molecule has 1 aromatic heterocycles. The van der Waals surface area contributed by atoms with Gasteiger partial charge in [0.2, 0.25) is 0 Å². The van der Waals surface area contributed by atoms with Crippen LogP contribution in [0, 0.1) is 0 Å². The average Bonchev–Trinajstić information content (AvgIpc) is 2.34. The molecule has 0 bridgehead atoms. The van der Waals surface area contributed by atoms with E-state index in [4.69, 9.17) is 0 Å². The summed E-state index contributed by atoms with van der Waals surface area (Å²) in [5.41, 5.74) is -5.39. The van der Waals surface area contributed by atoms with Crippen molar-refractivity contribution in [2.24, 2.45) is 0 Å². The summed E-state index contributed by atoms with van der Waals surface area (Å²) in [5.74, 6) is 0. The molecule has 1 rings (SSSR count). The van der Waals surface area contributed by atoms with Gasteiger partial charge in [0.1, 0.15) is 0 Å². The molecule has 0 aliphatic heterocycles. The van der Waals surface area contributed by atoms with Gasteiger partial charge in [-0.15, -0.1) is 5.10 Å². The van der Waals surface area contributed by atoms with Crippen LogP contribution in [0.3, 0.4) is 0 Å². The molecule has 1 heterocycles. The highest BCUT2D eigenvalue weighted by Gasteiger charge is 2.49. The third-order valence-corrected chi connectivity index (χ3v) is 2.13. The van der Waals surface area contributed by atoms with Crippen LogP contribution in [0.15, 0.2) is 5.16 Å². The van der Waals surface area contributed by atoms with Crippen LogP contribution in [0.2, 0.25) is 0 Å². The minimum Gasteiger partial charge on any atom is -0.211 e. The van der Waals surface area contributed by atoms with Crippen LogP contribution in [-0.4, -0.2) is 34.6 Å². The number of tetrazole rings is 1. The fraction of sp³-hybridized carbons (Fsp3) is 0.500. The second-order valence-corrected chi connectivity index (χ2v) is 3.48. The van der Waals surface area contributed by atoms with Crippen LogP contribution >= 0.6 is 0 Å². The highest BCUT2D eigenvalue weighted by Crippen LogP contribution is 2.27. The van der Waals surface area contributed by atoms with Crippen LogP contribution in [0.1, 0.15) is 0 Å². The number of nitrogens with one attached hydrogen (secondary N) is 1. The zero-order valence-corrected chi connectivity index (χ0v) is 6.02. The summed E-state index contributed by atoms with van der Waals surface area (Å²) >= 11 is 0. The summed E-state index contributed by atoms with van der Waals surface area (Å²) in [6, 6.07) is 0. The second-order valence-electron chi connectivity index (χ2n) is 1.64. The number of hydrogen-bond acceptors (Lipinski definition) is 5. The monoisotopic (exact) mass is 202 g/mol. The third-order valence-electron chi connectivity index (χ3n) is 0.871. The lowest BCUT2D eigenvalue weighted by atomic mass is 11.4. The van der Waals surface area contributed by atoms with Gasteiger partial charge >= 0.3 is 15.3 Å². The summed E-state index contributed by atoms with van der Waals surface area (Å²) in [7, 11) is -5.45. The van der Waals surface area contributed by atoms with Gasteiger partial charge in [0.25, 0.3) is 5.16 Å². The first-order valence-electron chi connectivity index (χ1n) is 2.40. The Morgan fingerprint density at radius 2 is 1.92 bits per heavy atom. The molecule has 10 heteroatoms. The molecule has 0 aromatic carbocycles. The Morgan fingerprint density at radius 3 is 2.25 bits per heavy atom. The Kier molecular flexibility index (Phi) is 1.78. The molecule has 12 heavy (non-hydrogen) atoms. The molecule has 0 aliphatic carbocycles. The van der Waals surface area contributed by atoms with E-state index in [1.807, 2.05) is 0 Å². The molecule has 0 radical (unpaired) electrons. The highest BCUT2D eigenvalue weighted by atomic mass is 32.2. The molecular formula is C2HF3N4O2S. The van der Waals surface area contributed by atoms with E-state index in [2.05, 4.69) is 15.4 Å². The normalized spacial score (nSPS) is 13.2. The van der Waals surface area contributed by atoms with E-state index in [0.717, 1.165) is 0 Å². The van der Waals surface area contributed by atoms with E-state index < -0.39 is 20.5 Å². The molecule has 0 spiro atoms. The van der Waals surface area contributed by atoms with Crippen LogP contribution in [0.5, 0.6) is 0 Å². The summed E-state index contributed by atoms with van der Waals surface area (Å²) in [4.78, 5) is 0. The van der Waals surface area contributed by atoms with Gasteiger partial charge in [-0.3, -0.25) is 0 Å². The van der Waals surface area contributed by atoms with E-state index in [1.165, 1.54) is 0 Å². The van der Waals surface area contributed by atoms with Gasteiger partial charge in [-0.05, 0) is 5.21 Å². The first-order valence-corrected chi connectivity index (χ1v) is 3.89. The molecule has 0 saturated carbocycles. The number of aromatic amines is 1. The van der Waals surface area contributed by atoms with Gasteiger partial charge < -0.3 is 0 Å². The predicted molar refractivity (Wildman–Crippen MR) is 27.4 cm³/mol. The fourth-order valence-electron chi connectivity index (χ4n) is 0.370. The first-order chi connectivity index (χ1) is 5.36. The van der Waals surface area contributed by atoms with E-state index >= 15 is 0 Å². The number of alkyl halides is 3. The van der Waals surface area contributed by atoms with Gasteiger partial charge in [-0.1, -0.05) is 5.10 Å². The quantitative estimate of drug-likeness (QED) is 0.662. The first kappa shape index (κ1) is 8.90. The second kappa shape index (κ2) is 2.40. The molecule has 0 atom stereocenters. The maximum Gasteiger partial charge on any atom is 0.505 e. The van der Waals surface area contributed by atoms with Crippen LogP contribution in [0.4, 0.5) is 13.2 Å².